The van der Waals surface area contributed by atoms with E-state index in [1.807, 2.05) is 31.2 Å². The third-order valence-electron chi connectivity index (χ3n) is 2.85. The van der Waals surface area contributed by atoms with Crippen molar-refractivity contribution in [2.45, 2.75) is 13.0 Å². The molecule has 19 heavy (non-hydrogen) atoms. The summed E-state index contributed by atoms with van der Waals surface area (Å²) in [5.41, 5.74) is 0.824. The molecule has 0 fully saturated rings. The number of hydrogen-bond donors (Lipinski definition) is 2. The van der Waals surface area contributed by atoms with Gasteiger partial charge < -0.3 is 10.4 Å². The molecule has 102 valence electrons. The third kappa shape index (κ3) is 3.38. The first kappa shape index (κ1) is 13.7. The first-order chi connectivity index (χ1) is 8.87. The van der Waals surface area contributed by atoms with E-state index in [2.05, 4.69) is 5.32 Å². The topological polar surface area (TPSA) is 66.4 Å². The summed E-state index contributed by atoms with van der Waals surface area (Å²) in [5.74, 6) is 0.291. The number of aromatic hydroxyl groups is 1. The molecule has 0 aromatic heterocycles. The lowest BCUT2D eigenvalue weighted by atomic mass is 10.1. The molecule has 0 spiro atoms. The maximum Gasteiger partial charge on any atom is 0.149 e. The summed E-state index contributed by atoms with van der Waals surface area (Å²) in [6.07, 6.45) is 1.22. The van der Waals surface area contributed by atoms with Crippen molar-refractivity contribution >= 4 is 26.3 Å². The van der Waals surface area contributed by atoms with E-state index in [0.29, 0.717) is 0 Å². The van der Waals surface area contributed by atoms with Crippen molar-refractivity contribution in [3.05, 3.63) is 36.4 Å². The summed E-state index contributed by atoms with van der Waals surface area (Å²) in [7, 11) is -3.02. The molecule has 0 aliphatic rings. The Kier molecular flexibility index (Phi) is 3.66. The molecule has 0 amide bonds. The molecule has 1 unspecified atom stereocenters. The van der Waals surface area contributed by atoms with E-state index in [9.17, 15) is 13.5 Å². The molecule has 0 bridgehead atoms. The Hall–Kier alpha value is -1.75. The zero-order valence-electron chi connectivity index (χ0n) is 10.9. The second-order valence-corrected chi connectivity index (χ2v) is 7.00. The minimum absolute atomic E-state index is 0.0716. The normalized spacial score (nSPS) is 13.4. The molecule has 0 saturated carbocycles. The maximum atomic E-state index is 11.3. The number of fused-ring (bicyclic) bond motifs is 1. The highest BCUT2D eigenvalue weighted by Gasteiger charge is 2.12. The van der Waals surface area contributed by atoms with Crippen molar-refractivity contribution in [1.29, 1.82) is 0 Å². The first-order valence-corrected chi connectivity index (χ1v) is 8.08. The van der Waals surface area contributed by atoms with E-state index in [4.69, 9.17) is 0 Å². The predicted octanol–water partition coefficient (Wildman–Crippen LogP) is 2.39. The maximum absolute atomic E-state index is 11.3. The number of hydrogen-bond acceptors (Lipinski definition) is 4. The molecule has 0 aliphatic heterocycles. The quantitative estimate of drug-likeness (QED) is 0.902. The van der Waals surface area contributed by atoms with Gasteiger partial charge in [0.25, 0.3) is 0 Å². The number of phenols is 1. The van der Waals surface area contributed by atoms with Crippen molar-refractivity contribution < 1.29 is 13.5 Å². The highest BCUT2D eigenvalue weighted by atomic mass is 32.2. The summed E-state index contributed by atoms with van der Waals surface area (Å²) in [4.78, 5) is 0. The standard InChI is InChI=1S/C14H17NO3S/c1-10(9-19(2,17)18)15-13-7-3-6-12-11(13)5-4-8-14(12)16/h3-8,10,15-16H,9H2,1-2H3. The Bertz CT molecular complexity index is 695. The minimum Gasteiger partial charge on any atom is -0.507 e. The second kappa shape index (κ2) is 5.09. The van der Waals surface area contributed by atoms with Crippen LogP contribution in [0.3, 0.4) is 0 Å². The largest absolute Gasteiger partial charge is 0.507 e. The number of rotatable bonds is 4. The van der Waals surface area contributed by atoms with Gasteiger partial charge in [0.05, 0.1) is 5.75 Å². The lowest BCUT2D eigenvalue weighted by Gasteiger charge is -2.16. The molecule has 1 atom stereocenters. The van der Waals surface area contributed by atoms with Crippen LogP contribution in [0.15, 0.2) is 36.4 Å². The Morgan fingerprint density at radius 3 is 2.47 bits per heavy atom. The molecule has 0 radical (unpaired) electrons. The average Bonchev–Trinajstić information content (AvgIpc) is 2.28. The van der Waals surface area contributed by atoms with Gasteiger partial charge in [0.15, 0.2) is 0 Å². The predicted molar refractivity (Wildman–Crippen MR) is 78.4 cm³/mol. The van der Waals surface area contributed by atoms with E-state index in [0.717, 1.165) is 16.5 Å². The molecule has 5 heteroatoms. The van der Waals surface area contributed by atoms with Gasteiger partial charge in [-0.1, -0.05) is 24.3 Å². The molecule has 2 N–H and O–H groups in total. The SMILES string of the molecule is CC(CS(C)(=O)=O)Nc1cccc2c(O)cccc12. The molecule has 0 aliphatic carbocycles. The van der Waals surface area contributed by atoms with Crippen molar-refractivity contribution in [3.8, 4) is 5.75 Å². The Morgan fingerprint density at radius 1 is 1.16 bits per heavy atom. The minimum atomic E-state index is -3.02. The van der Waals surface area contributed by atoms with Gasteiger partial charge >= 0.3 is 0 Å². The monoisotopic (exact) mass is 279 g/mol. The van der Waals surface area contributed by atoms with Crippen LogP contribution in [0.25, 0.3) is 10.8 Å². The summed E-state index contributed by atoms with van der Waals surface area (Å²) >= 11 is 0. The Balaban J connectivity index is 2.33. The smallest absolute Gasteiger partial charge is 0.149 e. The van der Waals surface area contributed by atoms with Crippen LogP contribution >= 0.6 is 0 Å². The van der Waals surface area contributed by atoms with Crippen LogP contribution < -0.4 is 5.32 Å². The lowest BCUT2D eigenvalue weighted by molar-refractivity contribution is 0.481. The van der Waals surface area contributed by atoms with Gasteiger partial charge in [-0.25, -0.2) is 8.42 Å². The second-order valence-electron chi connectivity index (χ2n) is 4.82. The van der Waals surface area contributed by atoms with Crippen molar-refractivity contribution in [3.63, 3.8) is 0 Å². The first-order valence-electron chi connectivity index (χ1n) is 6.02. The van der Waals surface area contributed by atoms with Gasteiger partial charge in [-0.15, -0.1) is 0 Å². The van der Waals surface area contributed by atoms with Gasteiger partial charge in [0.2, 0.25) is 0 Å². The van der Waals surface area contributed by atoms with Crippen LogP contribution in [0.4, 0.5) is 5.69 Å². The fourth-order valence-electron chi connectivity index (χ4n) is 2.18. The molecule has 2 aromatic carbocycles. The van der Waals surface area contributed by atoms with Crippen LogP contribution in [0.1, 0.15) is 6.92 Å². The third-order valence-corrected chi connectivity index (χ3v) is 3.96. The van der Waals surface area contributed by atoms with E-state index in [1.165, 1.54) is 6.26 Å². The highest BCUT2D eigenvalue weighted by molar-refractivity contribution is 7.90. The van der Waals surface area contributed by atoms with Crippen LogP contribution in [0.5, 0.6) is 5.75 Å². The molecule has 0 saturated heterocycles. The number of phenolic OH excluding ortho intramolecular Hbond substituents is 1. The molecule has 2 aromatic rings. The van der Waals surface area contributed by atoms with E-state index >= 15 is 0 Å². The molecule has 0 heterocycles. The van der Waals surface area contributed by atoms with E-state index < -0.39 is 9.84 Å². The summed E-state index contributed by atoms with van der Waals surface area (Å²) < 4.78 is 22.5. The highest BCUT2D eigenvalue weighted by Crippen LogP contribution is 2.30. The lowest BCUT2D eigenvalue weighted by Crippen LogP contribution is -2.25. The number of benzene rings is 2. The van der Waals surface area contributed by atoms with Crippen LogP contribution in [-0.2, 0) is 9.84 Å². The van der Waals surface area contributed by atoms with Gasteiger partial charge in [-0.3, -0.25) is 0 Å². The van der Waals surface area contributed by atoms with E-state index in [1.54, 1.807) is 12.1 Å². The Morgan fingerprint density at radius 2 is 1.79 bits per heavy atom. The number of sulfone groups is 1. The van der Waals surface area contributed by atoms with Crippen molar-refractivity contribution in [1.82, 2.24) is 0 Å². The fourth-order valence-corrected chi connectivity index (χ4v) is 3.17. The fraction of sp³-hybridized carbons (Fsp3) is 0.286. The molecule has 4 nitrogen and oxygen atoms in total. The van der Waals surface area contributed by atoms with Gasteiger partial charge in [-0.05, 0) is 19.1 Å². The summed E-state index contributed by atoms with van der Waals surface area (Å²) in [6, 6.07) is 10.6. The van der Waals surface area contributed by atoms with Gasteiger partial charge in [-0.2, -0.15) is 0 Å². The van der Waals surface area contributed by atoms with Gasteiger partial charge in [0.1, 0.15) is 15.6 Å². The zero-order chi connectivity index (χ0) is 14.0. The average molecular weight is 279 g/mol. The van der Waals surface area contributed by atoms with Gasteiger partial charge in [0, 0.05) is 28.8 Å². The summed E-state index contributed by atoms with van der Waals surface area (Å²) in [5, 5.41) is 14.6. The van der Waals surface area contributed by atoms with Crippen LogP contribution in [0.2, 0.25) is 0 Å². The van der Waals surface area contributed by atoms with Crippen LogP contribution in [0, 0.1) is 0 Å². The van der Waals surface area contributed by atoms with Crippen LogP contribution in [-0.4, -0.2) is 31.6 Å². The van der Waals surface area contributed by atoms with Crippen molar-refractivity contribution in [2.24, 2.45) is 0 Å². The number of nitrogens with one attached hydrogen (secondary N) is 1. The summed E-state index contributed by atoms with van der Waals surface area (Å²) in [6.45, 7) is 1.82. The zero-order valence-corrected chi connectivity index (χ0v) is 11.7. The molecular weight excluding hydrogens is 262 g/mol. The molecule has 2 rings (SSSR count). The number of anilines is 1. The molecular formula is C14H17NO3S. The van der Waals surface area contributed by atoms with Crippen molar-refractivity contribution in [2.75, 3.05) is 17.3 Å². The Labute approximate surface area is 113 Å². The van der Waals surface area contributed by atoms with E-state index in [-0.39, 0.29) is 17.5 Å².